The molecule has 102 valence electrons. The Morgan fingerprint density at radius 3 is 2.35 bits per heavy atom. The van der Waals surface area contributed by atoms with Crippen LogP contribution in [-0.2, 0) is 9.63 Å². The third-order valence-corrected chi connectivity index (χ3v) is 2.50. The zero-order valence-electron chi connectivity index (χ0n) is 10.8. The average molecular weight is 271 g/mol. The highest BCUT2D eigenvalue weighted by Crippen LogP contribution is 2.25. The molecule has 0 heterocycles. The van der Waals surface area contributed by atoms with Crippen LogP contribution in [0.2, 0.25) is 0 Å². The van der Waals surface area contributed by atoms with Crippen LogP contribution in [0.25, 0.3) is 0 Å². The summed E-state index contributed by atoms with van der Waals surface area (Å²) in [5.74, 6) is -0.171. The van der Waals surface area contributed by atoms with E-state index in [-0.39, 0.29) is 5.71 Å². The fourth-order valence-electron chi connectivity index (χ4n) is 1.66. The second-order valence-corrected chi connectivity index (χ2v) is 3.84. The van der Waals surface area contributed by atoms with Gasteiger partial charge in [0.25, 0.3) is 0 Å². The number of ether oxygens (including phenoxy) is 1. The van der Waals surface area contributed by atoms with Gasteiger partial charge < -0.3 is 14.7 Å². The fourth-order valence-corrected chi connectivity index (χ4v) is 1.66. The van der Waals surface area contributed by atoms with E-state index in [9.17, 15) is 9.90 Å². The summed E-state index contributed by atoms with van der Waals surface area (Å²) in [6, 6.07) is 15.9. The number of rotatable bonds is 5. The summed E-state index contributed by atoms with van der Waals surface area (Å²) in [7, 11) is 1.30. The number of carboxylic acid groups (broad SMARTS) is 1. The number of aliphatic carboxylic acids is 1. The maximum Gasteiger partial charge on any atom is 0.358 e. The first-order valence-corrected chi connectivity index (χ1v) is 5.89. The van der Waals surface area contributed by atoms with E-state index < -0.39 is 5.97 Å². The van der Waals surface area contributed by atoms with Crippen LogP contribution < -0.4 is 4.74 Å². The molecule has 0 saturated carbocycles. The van der Waals surface area contributed by atoms with E-state index >= 15 is 0 Å². The van der Waals surface area contributed by atoms with E-state index in [4.69, 9.17) is 4.74 Å². The van der Waals surface area contributed by atoms with Crippen molar-refractivity contribution in [2.45, 2.75) is 0 Å². The van der Waals surface area contributed by atoms with Crippen molar-refractivity contribution >= 4 is 11.7 Å². The zero-order chi connectivity index (χ0) is 14.4. The quantitative estimate of drug-likeness (QED) is 0.670. The van der Waals surface area contributed by atoms with E-state index in [0.29, 0.717) is 17.1 Å². The molecule has 2 aromatic carbocycles. The number of carboxylic acids is 1. The van der Waals surface area contributed by atoms with Gasteiger partial charge in [0.2, 0.25) is 0 Å². The number of hydrogen-bond donors (Lipinski definition) is 1. The molecule has 5 heteroatoms. The highest BCUT2D eigenvalue weighted by Gasteiger charge is 2.18. The lowest BCUT2D eigenvalue weighted by Crippen LogP contribution is -2.15. The topological polar surface area (TPSA) is 68.1 Å². The van der Waals surface area contributed by atoms with Crippen LogP contribution in [0.4, 0.5) is 0 Å². The Labute approximate surface area is 116 Å². The number of benzene rings is 2. The minimum Gasteiger partial charge on any atom is -0.476 e. The molecule has 0 aliphatic heterocycles. The first kappa shape index (κ1) is 13.6. The van der Waals surface area contributed by atoms with Crippen LogP contribution in [0.5, 0.6) is 11.5 Å². The molecule has 0 unspecified atom stereocenters. The zero-order valence-corrected chi connectivity index (χ0v) is 10.8. The van der Waals surface area contributed by atoms with E-state index in [0.717, 1.165) is 0 Å². The first-order valence-electron chi connectivity index (χ1n) is 5.89. The summed E-state index contributed by atoms with van der Waals surface area (Å²) in [6.45, 7) is 0. The van der Waals surface area contributed by atoms with Crippen LogP contribution in [0.15, 0.2) is 59.8 Å². The van der Waals surface area contributed by atoms with E-state index in [1.807, 2.05) is 18.2 Å². The Balaban J connectivity index is 2.40. The molecule has 0 spiro atoms. The number of nitrogens with zero attached hydrogens (tertiary/aromatic N) is 1. The SMILES string of the molecule is CO/N=C(/C(=O)O)c1ccccc1Oc1ccccc1. The molecule has 0 radical (unpaired) electrons. The number of para-hydroxylation sites is 2. The van der Waals surface area contributed by atoms with Gasteiger partial charge in [-0.1, -0.05) is 35.5 Å². The largest absolute Gasteiger partial charge is 0.476 e. The smallest absolute Gasteiger partial charge is 0.358 e. The lowest BCUT2D eigenvalue weighted by molar-refractivity contribution is -0.129. The standard InChI is InChI=1S/C15H13NO4/c1-19-16-14(15(17)18)12-9-5-6-10-13(12)20-11-7-3-2-4-8-11/h2-10H,1H3,(H,17,18)/b16-14+. The molecule has 5 nitrogen and oxygen atoms in total. The van der Waals surface area contributed by atoms with Gasteiger partial charge in [0.05, 0.1) is 5.56 Å². The molecule has 0 fully saturated rings. The molecular formula is C15H13NO4. The summed E-state index contributed by atoms with van der Waals surface area (Å²) in [6.07, 6.45) is 0. The van der Waals surface area contributed by atoms with Crippen molar-refractivity contribution in [1.82, 2.24) is 0 Å². The monoisotopic (exact) mass is 271 g/mol. The summed E-state index contributed by atoms with van der Waals surface area (Å²) in [5.41, 5.74) is 0.143. The Morgan fingerprint density at radius 1 is 1.05 bits per heavy atom. The van der Waals surface area contributed by atoms with Gasteiger partial charge in [-0.25, -0.2) is 4.79 Å². The van der Waals surface area contributed by atoms with Crippen LogP contribution in [0.1, 0.15) is 5.56 Å². The predicted octanol–water partition coefficient (Wildman–Crippen LogP) is 2.91. The molecule has 0 aliphatic rings. The van der Waals surface area contributed by atoms with Crippen LogP contribution >= 0.6 is 0 Å². The van der Waals surface area contributed by atoms with Gasteiger partial charge in [0.15, 0.2) is 5.71 Å². The molecule has 20 heavy (non-hydrogen) atoms. The number of carbonyl (C=O) groups is 1. The average Bonchev–Trinajstić information content (AvgIpc) is 2.46. The Morgan fingerprint density at radius 2 is 1.70 bits per heavy atom. The maximum atomic E-state index is 11.2. The van der Waals surface area contributed by atoms with Crippen molar-refractivity contribution in [2.75, 3.05) is 7.11 Å². The molecule has 2 aromatic rings. The fraction of sp³-hybridized carbons (Fsp3) is 0.0667. The summed E-state index contributed by atoms with van der Waals surface area (Å²) >= 11 is 0. The molecule has 0 aliphatic carbocycles. The van der Waals surface area contributed by atoms with Crippen molar-refractivity contribution in [1.29, 1.82) is 0 Å². The molecule has 0 aromatic heterocycles. The van der Waals surface area contributed by atoms with Crippen LogP contribution in [0, 0.1) is 0 Å². The third kappa shape index (κ3) is 3.14. The van der Waals surface area contributed by atoms with Gasteiger partial charge in [0.1, 0.15) is 18.6 Å². The molecule has 0 amide bonds. The van der Waals surface area contributed by atoms with Gasteiger partial charge in [-0.05, 0) is 24.3 Å². The molecular weight excluding hydrogens is 258 g/mol. The van der Waals surface area contributed by atoms with Crippen molar-refractivity contribution in [2.24, 2.45) is 5.16 Å². The van der Waals surface area contributed by atoms with Gasteiger partial charge in [-0.2, -0.15) is 0 Å². The van der Waals surface area contributed by atoms with Gasteiger partial charge >= 0.3 is 5.97 Å². The summed E-state index contributed by atoms with van der Waals surface area (Å²) < 4.78 is 5.69. The predicted molar refractivity (Wildman–Crippen MR) is 74.1 cm³/mol. The molecule has 2 rings (SSSR count). The van der Waals surface area contributed by atoms with E-state index in [1.54, 1.807) is 36.4 Å². The third-order valence-electron chi connectivity index (χ3n) is 2.50. The number of oxime groups is 1. The molecule has 0 saturated heterocycles. The van der Waals surface area contributed by atoms with E-state index in [2.05, 4.69) is 9.99 Å². The highest BCUT2D eigenvalue weighted by atomic mass is 16.6. The minimum absolute atomic E-state index is 0.209. The van der Waals surface area contributed by atoms with Crippen molar-refractivity contribution in [3.63, 3.8) is 0 Å². The second kappa shape index (κ2) is 6.38. The van der Waals surface area contributed by atoms with Gasteiger partial charge in [0, 0.05) is 0 Å². The normalized spacial score (nSPS) is 10.9. The maximum absolute atomic E-state index is 11.2. The number of hydrogen-bond acceptors (Lipinski definition) is 4. The Kier molecular flexibility index (Phi) is 4.34. The highest BCUT2D eigenvalue weighted by molar-refractivity contribution is 6.43. The van der Waals surface area contributed by atoms with Crippen LogP contribution in [0.3, 0.4) is 0 Å². The van der Waals surface area contributed by atoms with Crippen LogP contribution in [-0.4, -0.2) is 23.9 Å². The van der Waals surface area contributed by atoms with Gasteiger partial charge in [-0.3, -0.25) is 0 Å². The first-order chi connectivity index (χ1) is 9.72. The summed E-state index contributed by atoms with van der Waals surface area (Å²) in [5, 5.41) is 12.7. The van der Waals surface area contributed by atoms with Crippen molar-refractivity contribution < 1.29 is 19.5 Å². The second-order valence-electron chi connectivity index (χ2n) is 3.84. The van der Waals surface area contributed by atoms with Crippen molar-refractivity contribution in [3.8, 4) is 11.5 Å². The lowest BCUT2D eigenvalue weighted by Gasteiger charge is -2.10. The Hall–Kier alpha value is -2.82. The minimum atomic E-state index is -1.18. The molecule has 0 atom stereocenters. The summed E-state index contributed by atoms with van der Waals surface area (Å²) in [4.78, 5) is 15.8. The molecule has 0 bridgehead atoms. The van der Waals surface area contributed by atoms with Crippen molar-refractivity contribution in [3.05, 3.63) is 60.2 Å². The van der Waals surface area contributed by atoms with Gasteiger partial charge in [-0.15, -0.1) is 0 Å². The van der Waals surface area contributed by atoms with E-state index in [1.165, 1.54) is 7.11 Å². The lowest BCUT2D eigenvalue weighted by atomic mass is 10.1. The molecule has 1 N–H and O–H groups in total. The Bertz CT molecular complexity index is 623.